The molecule has 4 N–H and O–H groups in total. The second-order valence-corrected chi connectivity index (χ2v) is 6.50. The number of nitrogens with two attached hydrogens (primary N) is 1. The molecule has 0 atom stereocenters. The van der Waals surface area contributed by atoms with Gasteiger partial charge in [0.25, 0.3) is 10.0 Å². The molecule has 0 unspecified atom stereocenters. The van der Waals surface area contributed by atoms with E-state index < -0.39 is 10.0 Å². The lowest BCUT2D eigenvalue weighted by molar-refractivity contribution is 0.598. The van der Waals surface area contributed by atoms with Gasteiger partial charge in [-0.25, -0.2) is 4.98 Å². The molecule has 9 heteroatoms. The van der Waals surface area contributed by atoms with E-state index in [1.165, 1.54) is 18.3 Å². The Labute approximate surface area is 126 Å². The Morgan fingerprint density at radius 1 is 1.50 bits per heavy atom. The van der Waals surface area contributed by atoms with Gasteiger partial charge in [-0.15, -0.1) is 0 Å². The van der Waals surface area contributed by atoms with Crippen LogP contribution >= 0.6 is 23.8 Å². The number of hydrogen-bond acceptors (Lipinski definition) is 4. The number of anilines is 1. The molecule has 6 nitrogen and oxygen atoms in total. The van der Waals surface area contributed by atoms with E-state index in [0.717, 1.165) is 0 Å². The highest BCUT2D eigenvalue weighted by atomic mass is 35.5. The van der Waals surface area contributed by atoms with Crippen LogP contribution in [0.2, 0.25) is 5.02 Å². The molecule has 20 heavy (non-hydrogen) atoms. The van der Waals surface area contributed by atoms with Gasteiger partial charge in [-0.05, 0) is 19.1 Å². The highest BCUT2D eigenvalue weighted by Gasteiger charge is 2.18. The Morgan fingerprint density at radius 3 is 2.75 bits per heavy atom. The summed E-state index contributed by atoms with van der Waals surface area (Å²) in [6.07, 6.45) is 1.23. The quantitative estimate of drug-likeness (QED) is 0.742. The van der Waals surface area contributed by atoms with Crippen molar-refractivity contribution in [2.45, 2.75) is 11.9 Å². The zero-order valence-corrected chi connectivity index (χ0v) is 12.7. The molecule has 0 aliphatic heterocycles. The average Bonchev–Trinajstić information content (AvgIpc) is 2.79. The number of nitrogens with zero attached hydrogens (tertiary/aromatic N) is 1. The molecule has 0 saturated carbocycles. The first kappa shape index (κ1) is 14.8. The Kier molecular flexibility index (Phi) is 3.98. The Morgan fingerprint density at radius 2 is 2.20 bits per heavy atom. The Balaban J connectivity index is 2.39. The van der Waals surface area contributed by atoms with Crippen molar-refractivity contribution in [3.05, 3.63) is 40.8 Å². The van der Waals surface area contributed by atoms with Crippen molar-refractivity contribution in [2.75, 3.05) is 4.72 Å². The number of nitrogens with one attached hydrogen (secondary N) is 2. The van der Waals surface area contributed by atoms with E-state index in [2.05, 4.69) is 14.7 Å². The summed E-state index contributed by atoms with van der Waals surface area (Å²) >= 11 is 10.8. The minimum Gasteiger partial charge on any atom is -0.389 e. The summed E-state index contributed by atoms with van der Waals surface area (Å²) in [4.78, 5) is 6.63. The minimum atomic E-state index is -3.79. The van der Waals surface area contributed by atoms with Gasteiger partial charge in [-0.2, -0.15) is 8.42 Å². The van der Waals surface area contributed by atoms with Crippen LogP contribution in [0.1, 0.15) is 11.4 Å². The minimum absolute atomic E-state index is 0.0493. The molecule has 0 amide bonds. The topological polar surface area (TPSA) is 101 Å². The number of imidazole rings is 1. The third-order valence-corrected chi connectivity index (χ3v) is 4.30. The van der Waals surface area contributed by atoms with Crippen molar-refractivity contribution >= 4 is 44.5 Å². The summed E-state index contributed by atoms with van der Waals surface area (Å²) in [5, 5.41) is 0.191. The third kappa shape index (κ3) is 3.09. The van der Waals surface area contributed by atoms with Gasteiger partial charge in [0.15, 0.2) is 5.03 Å². The molecule has 106 valence electrons. The molecular formula is C11H11ClN4O2S2. The molecule has 0 spiro atoms. The van der Waals surface area contributed by atoms with Gasteiger partial charge in [-0.1, -0.05) is 29.9 Å². The van der Waals surface area contributed by atoms with E-state index >= 15 is 0 Å². The zero-order valence-electron chi connectivity index (χ0n) is 10.3. The lowest BCUT2D eigenvalue weighted by Crippen LogP contribution is -2.15. The van der Waals surface area contributed by atoms with Crippen molar-refractivity contribution in [2.24, 2.45) is 5.73 Å². The fourth-order valence-corrected chi connectivity index (χ4v) is 2.88. The molecule has 0 saturated heterocycles. The molecule has 1 aromatic heterocycles. The Hall–Kier alpha value is -1.64. The largest absolute Gasteiger partial charge is 0.389 e. The van der Waals surface area contributed by atoms with E-state index in [9.17, 15) is 8.42 Å². The lowest BCUT2D eigenvalue weighted by Gasteiger charge is -2.09. The van der Waals surface area contributed by atoms with Crippen LogP contribution in [0.4, 0.5) is 5.69 Å². The first-order valence-electron chi connectivity index (χ1n) is 5.43. The Bertz CT molecular complexity index is 770. The van der Waals surface area contributed by atoms with Crippen LogP contribution in [0.3, 0.4) is 0 Å². The first-order chi connectivity index (χ1) is 9.29. The monoisotopic (exact) mass is 330 g/mol. The highest BCUT2D eigenvalue weighted by molar-refractivity contribution is 7.92. The standard InChI is InChI=1S/C11H11ClN4O2S2/c1-6-14-5-10(15-6)20(17,18)16-9-4-7(11(13)19)2-3-8(9)12/h2-5,16H,1H3,(H2,13,19)(H,14,15). The maximum absolute atomic E-state index is 12.1. The van der Waals surface area contributed by atoms with Crippen LogP contribution in [0, 0.1) is 6.92 Å². The zero-order chi connectivity index (χ0) is 14.9. The normalized spacial score (nSPS) is 11.3. The van der Waals surface area contributed by atoms with Gasteiger partial charge in [-0.3, -0.25) is 4.72 Å². The predicted octanol–water partition coefficient (Wildman–Crippen LogP) is 1.81. The van der Waals surface area contributed by atoms with Gasteiger partial charge in [0, 0.05) is 5.56 Å². The summed E-state index contributed by atoms with van der Waals surface area (Å²) in [5.74, 6) is 0.494. The highest BCUT2D eigenvalue weighted by Crippen LogP contribution is 2.25. The fourth-order valence-electron chi connectivity index (χ4n) is 1.49. The van der Waals surface area contributed by atoms with E-state index in [0.29, 0.717) is 11.4 Å². The second kappa shape index (κ2) is 5.39. The molecule has 0 bridgehead atoms. The van der Waals surface area contributed by atoms with E-state index in [1.54, 1.807) is 13.0 Å². The molecule has 0 aliphatic carbocycles. The van der Waals surface area contributed by atoms with E-state index in [1.807, 2.05) is 0 Å². The summed E-state index contributed by atoms with van der Waals surface area (Å²) in [5.41, 5.74) is 6.22. The number of hydrogen-bond donors (Lipinski definition) is 3. The molecular weight excluding hydrogens is 320 g/mol. The maximum atomic E-state index is 12.1. The summed E-state index contributed by atoms with van der Waals surface area (Å²) in [7, 11) is -3.79. The van der Waals surface area contributed by atoms with Crippen molar-refractivity contribution < 1.29 is 8.42 Å². The molecule has 1 aromatic carbocycles. The average molecular weight is 331 g/mol. The van der Waals surface area contributed by atoms with Gasteiger partial charge < -0.3 is 10.7 Å². The number of halogens is 1. The molecule has 2 aromatic rings. The molecule has 0 radical (unpaired) electrons. The SMILES string of the molecule is Cc1ncc(S(=O)(=O)Nc2cc(C(N)=S)ccc2Cl)[nH]1. The first-order valence-corrected chi connectivity index (χ1v) is 7.70. The second-order valence-electron chi connectivity index (χ2n) is 4.00. The van der Waals surface area contributed by atoms with Crippen molar-refractivity contribution in [1.82, 2.24) is 9.97 Å². The van der Waals surface area contributed by atoms with Crippen molar-refractivity contribution in [3.63, 3.8) is 0 Å². The van der Waals surface area contributed by atoms with Gasteiger partial charge in [0.05, 0.1) is 16.9 Å². The van der Waals surface area contributed by atoms with Crippen LogP contribution in [-0.2, 0) is 10.0 Å². The number of rotatable bonds is 4. The summed E-state index contributed by atoms with van der Waals surface area (Å²) in [6.45, 7) is 1.65. The fraction of sp³-hybridized carbons (Fsp3) is 0.0909. The molecule has 0 fully saturated rings. The van der Waals surface area contributed by atoms with E-state index in [4.69, 9.17) is 29.6 Å². The number of thiocarbonyl (C=S) groups is 1. The number of aromatic amines is 1. The number of benzene rings is 1. The number of H-pyrrole nitrogens is 1. The molecule has 1 heterocycles. The molecule has 2 rings (SSSR count). The number of sulfonamides is 1. The smallest absolute Gasteiger partial charge is 0.279 e. The predicted molar refractivity (Wildman–Crippen MR) is 81.5 cm³/mol. The van der Waals surface area contributed by atoms with Gasteiger partial charge in [0.2, 0.25) is 0 Å². The number of aryl methyl sites for hydroxylation is 1. The lowest BCUT2D eigenvalue weighted by atomic mass is 10.2. The number of aromatic nitrogens is 2. The van der Waals surface area contributed by atoms with Gasteiger partial charge in [0.1, 0.15) is 10.8 Å². The van der Waals surface area contributed by atoms with Crippen LogP contribution < -0.4 is 10.5 Å². The third-order valence-electron chi connectivity index (χ3n) is 2.46. The van der Waals surface area contributed by atoms with Gasteiger partial charge >= 0.3 is 0 Å². The van der Waals surface area contributed by atoms with Crippen LogP contribution in [0.15, 0.2) is 29.4 Å². The van der Waals surface area contributed by atoms with Crippen molar-refractivity contribution in [3.8, 4) is 0 Å². The molecule has 0 aliphatic rings. The maximum Gasteiger partial charge on any atom is 0.279 e. The van der Waals surface area contributed by atoms with E-state index in [-0.39, 0.29) is 20.7 Å². The van der Waals surface area contributed by atoms with Crippen LogP contribution in [0.25, 0.3) is 0 Å². The van der Waals surface area contributed by atoms with Crippen molar-refractivity contribution in [1.29, 1.82) is 0 Å². The summed E-state index contributed by atoms with van der Waals surface area (Å²) < 4.78 is 26.7. The van der Waals surface area contributed by atoms with Crippen LogP contribution in [0.5, 0.6) is 0 Å². The van der Waals surface area contributed by atoms with Crippen LogP contribution in [-0.4, -0.2) is 23.4 Å². The summed E-state index contributed by atoms with van der Waals surface area (Å²) in [6, 6.07) is 4.61.